The Kier molecular flexibility index (Phi) is 8.63. The molecule has 3 aromatic rings. The lowest BCUT2D eigenvalue weighted by atomic mass is 10.2. The van der Waals surface area contributed by atoms with E-state index in [1.807, 2.05) is 0 Å². The average Bonchev–Trinajstić information content (AvgIpc) is 2.81. The predicted molar refractivity (Wildman–Crippen MR) is 147 cm³/mol. The van der Waals surface area contributed by atoms with E-state index >= 15 is 0 Å². The molecule has 0 bridgehead atoms. The highest BCUT2D eigenvalue weighted by molar-refractivity contribution is 7.92. The van der Waals surface area contributed by atoms with Gasteiger partial charge >= 0.3 is 0 Å². The molecule has 0 saturated carbocycles. The van der Waals surface area contributed by atoms with Crippen LogP contribution in [0, 0.1) is 6.92 Å². The molecule has 1 atom stereocenters. The maximum atomic E-state index is 12.9. The summed E-state index contributed by atoms with van der Waals surface area (Å²) in [5.41, 5.74) is 1.57. The van der Waals surface area contributed by atoms with Gasteiger partial charge in [-0.2, -0.15) is 0 Å². The molecule has 0 aromatic heterocycles. The minimum Gasteiger partial charge on any atom is -0.495 e. The number of carbonyl (C=O) groups is 1. The Balaban J connectivity index is 1.78. The van der Waals surface area contributed by atoms with E-state index in [2.05, 4.69) is 10.0 Å². The van der Waals surface area contributed by atoms with Crippen LogP contribution in [0.2, 0.25) is 10.0 Å². The average molecular weight is 587 g/mol. The lowest BCUT2D eigenvalue weighted by Crippen LogP contribution is -2.45. The summed E-state index contributed by atoms with van der Waals surface area (Å²) in [6.07, 6.45) is 0.975. The standard InChI is InChI=1S/C24H25Cl2N3O6S2/c1-15-5-6-18(13-21(15)25)28-37(33,34)20-10-7-17(8-11-20)27-24(30)16(2)29(36(4,31)32)19-9-12-23(35-3)22(26)14-19/h5-14,16,28H,1-4H3,(H,27,30)/t16-/m1/s1. The van der Waals surface area contributed by atoms with Gasteiger partial charge < -0.3 is 10.1 Å². The lowest BCUT2D eigenvalue weighted by Gasteiger charge is -2.28. The SMILES string of the molecule is COc1ccc(N([C@H](C)C(=O)Nc2ccc(S(=O)(=O)Nc3ccc(C)c(Cl)c3)cc2)S(C)(=O)=O)cc1Cl. The summed E-state index contributed by atoms with van der Waals surface area (Å²) in [4.78, 5) is 12.9. The van der Waals surface area contributed by atoms with Crippen molar-refractivity contribution in [3.63, 3.8) is 0 Å². The fourth-order valence-electron chi connectivity index (χ4n) is 3.44. The van der Waals surface area contributed by atoms with Gasteiger partial charge in [0.15, 0.2) is 0 Å². The Morgan fingerprint density at radius 3 is 2.08 bits per heavy atom. The first-order chi connectivity index (χ1) is 17.2. The topological polar surface area (TPSA) is 122 Å². The Morgan fingerprint density at radius 1 is 0.919 bits per heavy atom. The van der Waals surface area contributed by atoms with Gasteiger partial charge in [-0.1, -0.05) is 29.3 Å². The number of amides is 1. The van der Waals surface area contributed by atoms with Crippen molar-refractivity contribution in [2.75, 3.05) is 27.7 Å². The largest absolute Gasteiger partial charge is 0.495 e. The van der Waals surface area contributed by atoms with E-state index in [-0.39, 0.29) is 21.3 Å². The first kappa shape index (κ1) is 28.6. The van der Waals surface area contributed by atoms with E-state index in [0.29, 0.717) is 16.5 Å². The first-order valence-electron chi connectivity index (χ1n) is 10.8. The summed E-state index contributed by atoms with van der Waals surface area (Å²) in [5, 5.41) is 3.21. The van der Waals surface area contributed by atoms with Crippen molar-refractivity contribution in [3.05, 3.63) is 76.3 Å². The normalized spacial score (nSPS) is 12.5. The second kappa shape index (κ2) is 11.2. The van der Waals surface area contributed by atoms with Crippen LogP contribution in [0.5, 0.6) is 5.75 Å². The predicted octanol–water partition coefficient (Wildman–Crippen LogP) is 4.90. The molecular weight excluding hydrogens is 561 g/mol. The van der Waals surface area contributed by atoms with Crippen LogP contribution in [-0.2, 0) is 24.8 Å². The summed E-state index contributed by atoms with van der Waals surface area (Å²) in [5.74, 6) is -0.286. The zero-order chi connectivity index (χ0) is 27.5. The third kappa shape index (κ3) is 6.86. The monoisotopic (exact) mass is 585 g/mol. The molecular formula is C24H25Cl2N3O6S2. The molecule has 0 aliphatic rings. The molecule has 0 heterocycles. The molecule has 0 spiro atoms. The summed E-state index contributed by atoms with van der Waals surface area (Å²) in [6, 6.07) is 13.4. The van der Waals surface area contributed by atoms with Crippen molar-refractivity contribution in [2.24, 2.45) is 0 Å². The van der Waals surface area contributed by atoms with Gasteiger partial charge in [-0.15, -0.1) is 0 Å². The first-order valence-corrected chi connectivity index (χ1v) is 14.8. The number of sulfonamides is 2. The van der Waals surface area contributed by atoms with Crippen molar-refractivity contribution in [3.8, 4) is 5.75 Å². The lowest BCUT2D eigenvalue weighted by molar-refractivity contribution is -0.116. The molecule has 3 rings (SSSR count). The summed E-state index contributed by atoms with van der Waals surface area (Å²) in [6.45, 7) is 3.22. The van der Waals surface area contributed by atoms with Crippen molar-refractivity contribution in [1.29, 1.82) is 0 Å². The summed E-state index contributed by atoms with van der Waals surface area (Å²) in [7, 11) is -6.36. The van der Waals surface area contributed by atoms with E-state index in [9.17, 15) is 21.6 Å². The second-order valence-electron chi connectivity index (χ2n) is 8.14. The number of hydrogen-bond acceptors (Lipinski definition) is 6. The zero-order valence-corrected chi connectivity index (χ0v) is 23.5. The number of benzene rings is 3. The highest BCUT2D eigenvalue weighted by Crippen LogP contribution is 2.31. The molecule has 0 radical (unpaired) electrons. The van der Waals surface area contributed by atoms with Crippen LogP contribution in [0.25, 0.3) is 0 Å². The van der Waals surface area contributed by atoms with Crippen molar-refractivity contribution < 1.29 is 26.4 Å². The fourth-order valence-corrected chi connectivity index (χ4v) is 6.08. The minimum absolute atomic E-state index is 0.0408. The van der Waals surface area contributed by atoms with Gasteiger partial charge in [0.1, 0.15) is 11.8 Å². The molecule has 0 aliphatic heterocycles. The molecule has 2 N–H and O–H groups in total. The number of nitrogens with zero attached hydrogens (tertiary/aromatic N) is 1. The summed E-state index contributed by atoms with van der Waals surface area (Å²) >= 11 is 12.2. The number of halogens is 2. The third-order valence-electron chi connectivity index (χ3n) is 5.33. The molecule has 0 aliphatic carbocycles. The van der Waals surface area contributed by atoms with Crippen molar-refractivity contribution >= 4 is 66.2 Å². The van der Waals surface area contributed by atoms with Gasteiger partial charge in [-0.05, 0) is 74.0 Å². The van der Waals surface area contributed by atoms with E-state index in [1.54, 1.807) is 19.1 Å². The minimum atomic E-state index is -3.91. The van der Waals surface area contributed by atoms with Crippen LogP contribution in [0.4, 0.5) is 17.1 Å². The number of anilines is 3. The van der Waals surface area contributed by atoms with E-state index in [1.165, 1.54) is 62.6 Å². The molecule has 13 heteroatoms. The number of rotatable bonds is 9. The van der Waals surface area contributed by atoms with E-state index in [4.69, 9.17) is 27.9 Å². The number of nitrogens with one attached hydrogen (secondary N) is 2. The Morgan fingerprint density at radius 2 is 1.54 bits per heavy atom. The van der Waals surface area contributed by atoms with Crippen LogP contribution in [0.15, 0.2) is 65.6 Å². The molecule has 0 fully saturated rings. The second-order valence-corrected chi connectivity index (χ2v) is 12.5. The van der Waals surface area contributed by atoms with Gasteiger partial charge in [0.05, 0.1) is 34.7 Å². The number of carbonyl (C=O) groups excluding carboxylic acids is 1. The number of methoxy groups -OCH3 is 1. The quantitative estimate of drug-likeness (QED) is 0.368. The van der Waals surface area contributed by atoms with Crippen molar-refractivity contribution in [1.82, 2.24) is 0 Å². The molecule has 198 valence electrons. The fraction of sp³-hybridized carbons (Fsp3) is 0.208. The van der Waals surface area contributed by atoms with Crippen LogP contribution < -0.4 is 19.1 Å². The summed E-state index contributed by atoms with van der Waals surface area (Å²) < 4.78 is 59.0. The number of aryl methyl sites for hydroxylation is 1. The van der Waals surface area contributed by atoms with Gasteiger partial charge in [-0.3, -0.25) is 13.8 Å². The number of hydrogen-bond donors (Lipinski definition) is 2. The highest BCUT2D eigenvalue weighted by Gasteiger charge is 2.30. The van der Waals surface area contributed by atoms with Gasteiger partial charge in [0, 0.05) is 10.7 Å². The molecule has 1 amide bonds. The molecule has 3 aromatic carbocycles. The van der Waals surface area contributed by atoms with Crippen LogP contribution in [-0.4, -0.2) is 42.2 Å². The van der Waals surface area contributed by atoms with E-state index in [0.717, 1.165) is 16.1 Å². The molecule has 0 unspecified atom stereocenters. The van der Waals surface area contributed by atoms with E-state index < -0.39 is 32.0 Å². The smallest absolute Gasteiger partial charge is 0.261 e. The van der Waals surface area contributed by atoms with Gasteiger partial charge in [0.2, 0.25) is 15.9 Å². The highest BCUT2D eigenvalue weighted by atomic mass is 35.5. The Hall–Kier alpha value is -2.99. The molecule has 0 saturated heterocycles. The van der Waals surface area contributed by atoms with Crippen molar-refractivity contribution in [2.45, 2.75) is 24.8 Å². The maximum Gasteiger partial charge on any atom is 0.261 e. The number of ether oxygens (including phenoxy) is 1. The van der Waals surface area contributed by atoms with Crippen LogP contribution in [0.1, 0.15) is 12.5 Å². The molecule has 9 nitrogen and oxygen atoms in total. The molecule has 37 heavy (non-hydrogen) atoms. The van der Waals surface area contributed by atoms with Crippen LogP contribution in [0.3, 0.4) is 0 Å². The Bertz CT molecular complexity index is 1530. The third-order valence-corrected chi connectivity index (χ3v) is 8.68. The Labute approximate surface area is 226 Å². The zero-order valence-electron chi connectivity index (χ0n) is 20.3. The van der Waals surface area contributed by atoms with Crippen LogP contribution >= 0.6 is 23.2 Å². The maximum absolute atomic E-state index is 12.9. The van der Waals surface area contributed by atoms with Gasteiger partial charge in [-0.25, -0.2) is 16.8 Å². The van der Waals surface area contributed by atoms with Gasteiger partial charge in [0.25, 0.3) is 10.0 Å².